The van der Waals surface area contributed by atoms with Gasteiger partial charge < -0.3 is 9.80 Å². The van der Waals surface area contributed by atoms with Crippen LogP contribution in [0, 0.1) is 11.3 Å². The Balaban J connectivity index is 1.49. The van der Waals surface area contributed by atoms with Crippen LogP contribution in [0.5, 0.6) is 0 Å². The van der Waals surface area contributed by atoms with E-state index >= 15 is 0 Å². The van der Waals surface area contributed by atoms with Crippen molar-refractivity contribution in [1.82, 2.24) is 9.80 Å². The van der Waals surface area contributed by atoms with Crippen molar-refractivity contribution < 1.29 is 9.59 Å². The van der Waals surface area contributed by atoms with Crippen LogP contribution in [0.1, 0.15) is 56.3 Å². The SMILES string of the molecule is CC[C@@]1(C)CCCN(C(=O)[C@H]2CCCN(C(=O)c3cccc4ccccc34)C2)C1. The maximum Gasteiger partial charge on any atom is 0.254 e. The lowest BCUT2D eigenvalue weighted by atomic mass is 9.79. The number of benzene rings is 2. The van der Waals surface area contributed by atoms with Crippen LogP contribution in [0.25, 0.3) is 10.8 Å². The largest absolute Gasteiger partial charge is 0.342 e. The number of fused-ring (bicyclic) bond motifs is 1. The molecule has 2 amide bonds. The number of carbonyl (C=O) groups excluding carboxylic acids is 2. The molecule has 2 aromatic rings. The van der Waals surface area contributed by atoms with Crippen molar-refractivity contribution in [3.8, 4) is 0 Å². The minimum atomic E-state index is -0.0677. The highest BCUT2D eigenvalue weighted by Crippen LogP contribution is 2.34. The molecule has 0 radical (unpaired) electrons. The Kier molecular flexibility index (Phi) is 5.62. The van der Waals surface area contributed by atoms with Gasteiger partial charge in [-0.05, 0) is 54.4 Å². The lowest BCUT2D eigenvalue weighted by molar-refractivity contribution is -0.140. The van der Waals surface area contributed by atoms with Crippen molar-refractivity contribution in [2.75, 3.05) is 26.2 Å². The van der Waals surface area contributed by atoms with Gasteiger partial charge in [0.05, 0.1) is 5.92 Å². The molecule has 2 aliphatic heterocycles. The number of likely N-dealkylation sites (tertiary alicyclic amines) is 2. The number of amides is 2. The minimum Gasteiger partial charge on any atom is -0.342 e. The van der Waals surface area contributed by atoms with Gasteiger partial charge in [0.15, 0.2) is 0 Å². The molecule has 4 heteroatoms. The molecule has 2 atom stereocenters. The molecule has 2 aliphatic rings. The second kappa shape index (κ2) is 8.17. The van der Waals surface area contributed by atoms with Crippen LogP contribution < -0.4 is 0 Å². The van der Waals surface area contributed by atoms with Crippen molar-refractivity contribution in [2.24, 2.45) is 11.3 Å². The van der Waals surface area contributed by atoms with Crippen molar-refractivity contribution in [3.05, 3.63) is 48.0 Å². The molecule has 154 valence electrons. The van der Waals surface area contributed by atoms with E-state index in [9.17, 15) is 9.59 Å². The van der Waals surface area contributed by atoms with Gasteiger partial charge in [0.25, 0.3) is 5.91 Å². The summed E-state index contributed by atoms with van der Waals surface area (Å²) in [7, 11) is 0. The third-order valence-corrected chi connectivity index (χ3v) is 7.02. The Bertz CT molecular complexity index is 903. The van der Waals surface area contributed by atoms with Gasteiger partial charge in [-0.3, -0.25) is 9.59 Å². The van der Waals surface area contributed by atoms with Crippen LogP contribution in [0.15, 0.2) is 42.5 Å². The van der Waals surface area contributed by atoms with Gasteiger partial charge >= 0.3 is 0 Å². The first-order valence-corrected chi connectivity index (χ1v) is 11.1. The van der Waals surface area contributed by atoms with Crippen LogP contribution in [0.2, 0.25) is 0 Å². The molecule has 0 aromatic heterocycles. The van der Waals surface area contributed by atoms with E-state index in [1.807, 2.05) is 47.4 Å². The highest BCUT2D eigenvalue weighted by atomic mass is 16.2. The van der Waals surface area contributed by atoms with Crippen molar-refractivity contribution in [3.63, 3.8) is 0 Å². The molecule has 4 nitrogen and oxygen atoms in total. The predicted molar refractivity (Wildman–Crippen MR) is 117 cm³/mol. The predicted octanol–water partition coefficient (Wildman–Crippen LogP) is 4.73. The first-order chi connectivity index (χ1) is 14.0. The highest BCUT2D eigenvalue weighted by molar-refractivity contribution is 6.07. The summed E-state index contributed by atoms with van der Waals surface area (Å²) in [6, 6.07) is 13.9. The summed E-state index contributed by atoms with van der Waals surface area (Å²) in [5.74, 6) is 0.234. The second-order valence-electron chi connectivity index (χ2n) is 9.14. The molecule has 2 fully saturated rings. The van der Waals surface area contributed by atoms with E-state index in [0.29, 0.717) is 6.54 Å². The molecule has 0 aliphatic carbocycles. The van der Waals surface area contributed by atoms with Gasteiger partial charge in [0.2, 0.25) is 5.91 Å². The third kappa shape index (κ3) is 4.03. The Hall–Kier alpha value is -2.36. The molecule has 2 aromatic carbocycles. The average Bonchev–Trinajstić information content (AvgIpc) is 2.78. The zero-order chi connectivity index (χ0) is 20.4. The Morgan fingerprint density at radius 2 is 1.79 bits per heavy atom. The molecule has 0 spiro atoms. The summed E-state index contributed by atoms with van der Waals surface area (Å²) in [5.41, 5.74) is 0.980. The summed E-state index contributed by atoms with van der Waals surface area (Å²) in [4.78, 5) is 30.5. The summed E-state index contributed by atoms with van der Waals surface area (Å²) in [6.07, 6.45) is 5.17. The standard InChI is InChI=1S/C25H32N2O2/c1-3-25(2)14-8-16-27(18-25)23(28)20-11-7-15-26(17-20)24(29)22-13-6-10-19-9-4-5-12-21(19)22/h4-6,9-10,12-13,20H,3,7-8,11,14-18H2,1-2H3/t20-,25-/m0/s1. The molecule has 0 unspecified atom stereocenters. The molecule has 0 N–H and O–H groups in total. The number of hydrogen-bond acceptors (Lipinski definition) is 2. The Labute approximate surface area is 173 Å². The molecule has 2 saturated heterocycles. The first kappa shape index (κ1) is 19.9. The first-order valence-electron chi connectivity index (χ1n) is 11.1. The van der Waals surface area contributed by atoms with E-state index < -0.39 is 0 Å². The lowest BCUT2D eigenvalue weighted by Crippen LogP contribution is -2.51. The van der Waals surface area contributed by atoms with Crippen molar-refractivity contribution in [1.29, 1.82) is 0 Å². The van der Waals surface area contributed by atoms with Gasteiger partial charge in [0.1, 0.15) is 0 Å². The number of hydrogen-bond donors (Lipinski definition) is 0. The summed E-state index contributed by atoms with van der Waals surface area (Å²) >= 11 is 0. The van der Waals surface area contributed by atoms with E-state index in [1.165, 1.54) is 6.42 Å². The van der Waals surface area contributed by atoms with Crippen LogP contribution in [-0.2, 0) is 4.79 Å². The van der Waals surface area contributed by atoms with Gasteiger partial charge in [0, 0.05) is 31.7 Å². The average molecular weight is 393 g/mol. The zero-order valence-corrected chi connectivity index (χ0v) is 17.7. The van der Waals surface area contributed by atoms with E-state index in [2.05, 4.69) is 18.7 Å². The quantitative estimate of drug-likeness (QED) is 0.758. The van der Waals surface area contributed by atoms with Crippen molar-refractivity contribution >= 4 is 22.6 Å². The van der Waals surface area contributed by atoms with Crippen LogP contribution in [0.4, 0.5) is 0 Å². The number of nitrogens with zero attached hydrogens (tertiary/aromatic N) is 2. The van der Waals surface area contributed by atoms with Gasteiger partial charge in [-0.1, -0.05) is 50.2 Å². The normalized spacial score (nSPS) is 25.2. The third-order valence-electron chi connectivity index (χ3n) is 7.02. The Morgan fingerprint density at radius 3 is 2.62 bits per heavy atom. The maximum absolute atomic E-state index is 13.3. The fourth-order valence-corrected chi connectivity index (χ4v) is 5.00. The summed E-state index contributed by atoms with van der Waals surface area (Å²) in [5, 5.41) is 2.07. The monoisotopic (exact) mass is 392 g/mol. The maximum atomic E-state index is 13.3. The molecule has 2 heterocycles. The summed E-state index contributed by atoms with van der Waals surface area (Å²) in [6.45, 7) is 7.51. The minimum absolute atomic E-state index is 0.0522. The smallest absolute Gasteiger partial charge is 0.254 e. The van der Waals surface area contributed by atoms with Gasteiger partial charge in [-0.2, -0.15) is 0 Å². The molecule has 0 bridgehead atoms. The molecule has 4 rings (SSSR count). The zero-order valence-electron chi connectivity index (χ0n) is 17.7. The molecular formula is C25H32N2O2. The van der Waals surface area contributed by atoms with E-state index in [-0.39, 0.29) is 23.1 Å². The van der Waals surface area contributed by atoms with Gasteiger partial charge in [-0.15, -0.1) is 0 Å². The number of rotatable bonds is 3. The van der Waals surface area contributed by atoms with Crippen LogP contribution in [0.3, 0.4) is 0 Å². The van der Waals surface area contributed by atoms with Crippen molar-refractivity contribution in [2.45, 2.75) is 46.0 Å². The molecule has 29 heavy (non-hydrogen) atoms. The van der Waals surface area contributed by atoms with Crippen LogP contribution >= 0.6 is 0 Å². The Morgan fingerprint density at radius 1 is 1.03 bits per heavy atom. The lowest BCUT2D eigenvalue weighted by Gasteiger charge is -2.42. The van der Waals surface area contributed by atoms with E-state index in [4.69, 9.17) is 0 Å². The highest BCUT2D eigenvalue weighted by Gasteiger charge is 2.36. The number of piperidine rings is 2. The van der Waals surface area contributed by atoms with Crippen LogP contribution in [-0.4, -0.2) is 47.8 Å². The van der Waals surface area contributed by atoms with E-state index in [0.717, 1.165) is 61.7 Å². The fraction of sp³-hybridized carbons (Fsp3) is 0.520. The van der Waals surface area contributed by atoms with E-state index in [1.54, 1.807) is 0 Å². The fourth-order valence-electron chi connectivity index (χ4n) is 5.00. The molecule has 0 saturated carbocycles. The topological polar surface area (TPSA) is 40.6 Å². The second-order valence-corrected chi connectivity index (χ2v) is 9.14. The molecular weight excluding hydrogens is 360 g/mol. The summed E-state index contributed by atoms with van der Waals surface area (Å²) < 4.78 is 0. The van der Waals surface area contributed by atoms with Gasteiger partial charge in [-0.25, -0.2) is 0 Å². The number of carbonyl (C=O) groups is 2.